The van der Waals surface area contributed by atoms with E-state index < -0.39 is 5.97 Å². The van der Waals surface area contributed by atoms with Crippen molar-refractivity contribution in [2.24, 2.45) is 5.92 Å². The van der Waals surface area contributed by atoms with Crippen LogP contribution in [0.1, 0.15) is 18.4 Å². The van der Waals surface area contributed by atoms with E-state index in [2.05, 4.69) is 0 Å². The van der Waals surface area contributed by atoms with Gasteiger partial charge in [-0.2, -0.15) is 0 Å². The van der Waals surface area contributed by atoms with Crippen LogP contribution in [-0.2, 0) is 16.1 Å². The summed E-state index contributed by atoms with van der Waals surface area (Å²) in [7, 11) is 0. The molecule has 0 unspecified atom stereocenters. The van der Waals surface area contributed by atoms with E-state index >= 15 is 0 Å². The highest BCUT2D eigenvalue weighted by Gasteiger charge is 2.34. The van der Waals surface area contributed by atoms with Gasteiger partial charge in [0, 0.05) is 5.02 Å². The third kappa shape index (κ3) is 2.74. The molecule has 0 aromatic heterocycles. The largest absolute Gasteiger partial charge is 0.481 e. The molecule has 16 heavy (non-hydrogen) atoms. The van der Waals surface area contributed by atoms with Crippen molar-refractivity contribution in [3.8, 4) is 0 Å². The normalized spacial score (nSPS) is 23.8. The topological polar surface area (TPSA) is 46.5 Å². The van der Waals surface area contributed by atoms with Crippen LogP contribution in [-0.4, -0.2) is 17.2 Å². The van der Waals surface area contributed by atoms with Gasteiger partial charge in [0.25, 0.3) is 0 Å². The Balaban J connectivity index is 1.75. The summed E-state index contributed by atoms with van der Waals surface area (Å²) in [6, 6.07) is 7.49. The van der Waals surface area contributed by atoms with Crippen molar-refractivity contribution >= 4 is 17.6 Å². The molecule has 1 aliphatic carbocycles. The van der Waals surface area contributed by atoms with Crippen LogP contribution in [0.3, 0.4) is 0 Å². The summed E-state index contributed by atoms with van der Waals surface area (Å²) < 4.78 is 5.58. The smallest absolute Gasteiger partial charge is 0.306 e. The predicted octanol–water partition coefficient (Wildman–Crippen LogP) is 2.72. The molecule has 86 valence electrons. The molecule has 4 heteroatoms. The number of hydrogen-bond acceptors (Lipinski definition) is 2. The quantitative estimate of drug-likeness (QED) is 0.880. The second kappa shape index (κ2) is 4.85. The average Bonchev–Trinajstić information content (AvgIpc) is 2.14. The fourth-order valence-corrected chi connectivity index (χ4v) is 1.96. The molecule has 1 aromatic carbocycles. The van der Waals surface area contributed by atoms with Crippen LogP contribution in [0.5, 0.6) is 0 Å². The number of halogens is 1. The van der Waals surface area contributed by atoms with Gasteiger partial charge in [0.1, 0.15) is 0 Å². The molecule has 1 aliphatic rings. The first kappa shape index (κ1) is 11.4. The van der Waals surface area contributed by atoms with Gasteiger partial charge in [-0.3, -0.25) is 4.79 Å². The van der Waals surface area contributed by atoms with Gasteiger partial charge in [0.15, 0.2) is 0 Å². The van der Waals surface area contributed by atoms with E-state index in [4.69, 9.17) is 21.4 Å². The minimum absolute atomic E-state index is 0.0834. The lowest BCUT2D eigenvalue weighted by atomic mass is 9.82. The maximum Gasteiger partial charge on any atom is 0.306 e. The number of hydrogen-bond donors (Lipinski definition) is 1. The Labute approximate surface area is 99.0 Å². The van der Waals surface area contributed by atoms with Gasteiger partial charge >= 0.3 is 5.97 Å². The van der Waals surface area contributed by atoms with Crippen molar-refractivity contribution in [2.45, 2.75) is 25.6 Å². The zero-order chi connectivity index (χ0) is 11.5. The summed E-state index contributed by atoms with van der Waals surface area (Å²) in [5.41, 5.74) is 1.02. The summed E-state index contributed by atoms with van der Waals surface area (Å²) >= 11 is 5.84. The second-order valence-corrected chi connectivity index (χ2v) is 4.51. The van der Waals surface area contributed by atoms with E-state index in [1.54, 1.807) is 0 Å². The Morgan fingerprint density at radius 2 is 2.25 bits per heavy atom. The third-order valence-corrected chi connectivity index (χ3v) is 3.05. The molecule has 0 aliphatic heterocycles. The number of carboxylic acid groups (broad SMARTS) is 1. The van der Waals surface area contributed by atoms with Crippen LogP contribution in [0, 0.1) is 5.92 Å². The second-order valence-electron chi connectivity index (χ2n) is 4.07. The lowest BCUT2D eigenvalue weighted by Crippen LogP contribution is -2.36. The Morgan fingerprint density at radius 3 is 2.88 bits per heavy atom. The van der Waals surface area contributed by atoms with Crippen LogP contribution < -0.4 is 0 Å². The SMILES string of the molecule is O=C(O)C1CC(OCc2cccc(Cl)c2)C1. The van der Waals surface area contributed by atoms with Crippen molar-refractivity contribution in [3.05, 3.63) is 34.9 Å². The van der Waals surface area contributed by atoms with Crippen molar-refractivity contribution in [2.75, 3.05) is 0 Å². The summed E-state index contributed by atoms with van der Waals surface area (Å²) in [6.07, 6.45) is 1.33. The Bertz CT molecular complexity index is 386. The molecule has 0 bridgehead atoms. The fraction of sp³-hybridized carbons (Fsp3) is 0.417. The molecule has 0 heterocycles. The van der Waals surface area contributed by atoms with Gasteiger partial charge in [0.05, 0.1) is 18.6 Å². The molecule has 3 nitrogen and oxygen atoms in total. The number of aliphatic carboxylic acids is 1. The lowest BCUT2D eigenvalue weighted by Gasteiger charge is -2.32. The highest BCUT2D eigenvalue weighted by molar-refractivity contribution is 6.30. The van der Waals surface area contributed by atoms with Crippen LogP contribution >= 0.6 is 11.6 Å². The fourth-order valence-electron chi connectivity index (χ4n) is 1.74. The number of benzene rings is 1. The van der Waals surface area contributed by atoms with Crippen molar-refractivity contribution in [1.82, 2.24) is 0 Å². The standard InChI is InChI=1S/C12H13ClO3/c13-10-3-1-2-8(4-10)7-16-11-5-9(6-11)12(14)15/h1-4,9,11H,5-7H2,(H,14,15). The van der Waals surface area contributed by atoms with Crippen LogP contribution in [0.4, 0.5) is 0 Å². The van der Waals surface area contributed by atoms with Gasteiger partial charge in [-0.1, -0.05) is 23.7 Å². The first-order chi connectivity index (χ1) is 7.65. The Kier molecular flexibility index (Phi) is 3.46. The van der Waals surface area contributed by atoms with Crippen molar-refractivity contribution in [3.63, 3.8) is 0 Å². The van der Waals surface area contributed by atoms with E-state index in [-0.39, 0.29) is 12.0 Å². The highest BCUT2D eigenvalue weighted by Crippen LogP contribution is 2.30. The lowest BCUT2D eigenvalue weighted by molar-refractivity contribution is -0.151. The summed E-state index contributed by atoms with van der Waals surface area (Å²) in [6.45, 7) is 0.498. The molecule has 1 fully saturated rings. The van der Waals surface area contributed by atoms with E-state index in [0.29, 0.717) is 24.5 Å². The molecule has 1 saturated carbocycles. The van der Waals surface area contributed by atoms with E-state index in [1.807, 2.05) is 24.3 Å². The minimum atomic E-state index is -0.720. The maximum absolute atomic E-state index is 10.6. The molecule has 2 rings (SSSR count). The van der Waals surface area contributed by atoms with Gasteiger partial charge in [-0.25, -0.2) is 0 Å². The minimum Gasteiger partial charge on any atom is -0.481 e. The van der Waals surface area contributed by atoms with E-state index in [0.717, 1.165) is 5.56 Å². The number of carboxylic acids is 1. The zero-order valence-electron chi connectivity index (χ0n) is 8.73. The van der Waals surface area contributed by atoms with Gasteiger partial charge in [0.2, 0.25) is 0 Å². The molecular weight excluding hydrogens is 228 g/mol. The number of rotatable bonds is 4. The summed E-state index contributed by atoms with van der Waals surface area (Å²) in [5, 5.41) is 9.39. The monoisotopic (exact) mass is 240 g/mol. The van der Waals surface area contributed by atoms with Crippen molar-refractivity contribution in [1.29, 1.82) is 0 Å². The Hall–Kier alpha value is -1.06. The molecule has 1 N–H and O–H groups in total. The highest BCUT2D eigenvalue weighted by atomic mass is 35.5. The third-order valence-electron chi connectivity index (χ3n) is 2.82. The summed E-state index contributed by atoms with van der Waals surface area (Å²) in [4.78, 5) is 10.6. The molecule has 1 aromatic rings. The van der Waals surface area contributed by atoms with Gasteiger partial charge in [-0.05, 0) is 30.5 Å². The average molecular weight is 241 g/mol. The molecule has 0 atom stereocenters. The van der Waals surface area contributed by atoms with Crippen LogP contribution in [0.15, 0.2) is 24.3 Å². The molecule has 0 spiro atoms. The molecule has 0 radical (unpaired) electrons. The van der Waals surface area contributed by atoms with Gasteiger partial charge < -0.3 is 9.84 Å². The summed E-state index contributed by atoms with van der Waals surface area (Å²) in [5.74, 6) is -0.938. The van der Waals surface area contributed by atoms with E-state index in [9.17, 15) is 4.79 Å². The van der Waals surface area contributed by atoms with Crippen LogP contribution in [0.2, 0.25) is 5.02 Å². The first-order valence-corrected chi connectivity index (χ1v) is 5.62. The first-order valence-electron chi connectivity index (χ1n) is 5.24. The number of carbonyl (C=O) groups is 1. The predicted molar refractivity (Wildman–Crippen MR) is 60.4 cm³/mol. The van der Waals surface area contributed by atoms with Gasteiger partial charge in [-0.15, -0.1) is 0 Å². The zero-order valence-corrected chi connectivity index (χ0v) is 9.48. The maximum atomic E-state index is 10.6. The van der Waals surface area contributed by atoms with E-state index in [1.165, 1.54) is 0 Å². The van der Waals surface area contributed by atoms with Crippen molar-refractivity contribution < 1.29 is 14.6 Å². The Morgan fingerprint density at radius 1 is 1.50 bits per heavy atom. The number of ether oxygens (including phenoxy) is 1. The van der Waals surface area contributed by atoms with Crippen LogP contribution in [0.25, 0.3) is 0 Å². The molecule has 0 saturated heterocycles. The molecule has 0 amide bonds. The molecular formula is C12H13ClO3.